The SMILES string of the molecule is C[Si](C)(C[Si](C)(C)c1ccccn1)c1ccccn1. The minimum absolute atomic E-state index is 1.29. The van der Waals surface area contributed by atoms with Crippen LogP contribution in [-0.2, 0) is 0 Å². The van der Waals surface area contributed by atoms with E-state index in [4.69, 9.17) is 0 Å². The van der Waals surface area contributed by atoms with Gasteiger partial charge in [0.05, 0.1) is 0 Å². The molecule has 2 aromatic rings. The highest BCUT2D eigenvalue weighted by Crippen LogP contribution is 2.18. The average Bonchev–Trinajstić information content (AvgIpc) is 2.40. The standard InChI is InChI=1S/C15H22N2Si2/c1-18(2,14-9-5-7-11-16-14)13-19(3,4)15-10-6-8-12-17-15/h5-12H,13H2,1-4H3. The van der Waals surface area contributed by atoms with Gasteiger partial charge in [0.1, 0.15) is 16.1 Å². The summed E-state index contributed by atoms with van der Waals surface area (Å²) in [5, 5.41) is 2.62. The van der Waals surface area contributed by atoms with E-state index >= 15 is 0 Å². The van der Waals surface area contributed by atoms with Crippen molar-refractivity contribution in [1.29, 1.82) is 0 Å². The molecule has 19 heavy (non-hydrogen) atoms. The van der Waals surface area contributed by atoms with E-state index in [0.29, 0.717) is 0 Å². The largest absolute Gasteiger partial charge is 0.266 e. The molecule has 0 atom stereocenters. The zero-order valence-electron chi connectivity index (χ0n) is 12.2. The highest BCUT2D eigenvalue weighted by atomic mass is 28.4. The zero-order chi connectivity index (χ0) is 13.9. The minimum Gasteiger partial charge on any atom is -0.266 e. The van der Waals surface area contributed by atoms with Gasteiger partial charge in [0.25, 0.3) is 0 Å². The summed E-state index contributed by atoms with van der Waals surface area (Å²) in [6, 6.07) is 12.6. The molecule has 100 valence electrons. The Bertz CT molecular complexity index is 475. The summed E-state index contributed by atoms with van der Waals surface area (Å²) in [5.41, 5.74) is 1.29. The van der Waals surface area contributed by atoms with Gasteiger partial charge >= 0.3 is 0 Å². The van der Waals surface area contributed by atoms with Crippen molar-refractivity contribution in [2.75, 3.05) is 0 Å². The van der Waals surface area contributed by atoms with E-state index in [0.717, 1.165) is 0 Å². The normalized spacial score (nSPS) is 12.4. The Morgan fingerprint density at radius 1 is 0.737 bits per heavy atom. The second-order valence-electron chi connectivity index (χ2n) is 6.37. The molecule has 2 aromatic heterocycles. The van der Waals surface area contributed by atoms with E-state index in [1.165, 1.54) is 16.3 Å². The van der Waals surface area contributed by atoms with E-state index in [2.05, 4.69) is 60.4 Å². The highest BCUT2D eigenvalue weighted by Gasteiger charge is 2.36. The molecular weight excluding hydrogens is 264 g/mol. The molecule has 0 radical (unpaired) electrons. The number of aromatic nitrogens is 2. The molecule has 4 heteroatoms. The molecular formula is C15H22N2Si2. The van der Waals surface area contributed by atoms with E-state index < -0.39 is 16.1 Å². The van der Waals surface area contributed by atoms with E-state index in [1.54, 1.807) is 0 Å². The number of hydrogen-bond acceptors (Lipinski definition) is 2. The van der Waals surface area contributed by atoms with Crippen LogP contribution in [0.3, 0.4) is 0 Å². The van der Waals surface area contributed by atoms with Crippen LogP contribution < -0.4 is 10.6 Å². The molecule has 0 amide bonds. The lowest BCUT2D eigenvalue weighted by Gasteiger charge is -2.31. The monoisotopic (exact) mass is 286 g/mol. The van der Waals surface area contributed by atoms with Crippen molar-refractivity contribution >= 4 is 26.8 Å². The fraction of sp³-hybridized carbons (Fsp3) is 0.333. The molecule has 0 aliphatic heterocycles. The molecule has 0 fully saturated rings. The number of nitrogens with zero attached hydrogens (tertiary/aromatic N) is 2. The first kappa shape index (κ1) is 14.1. The summed E-state index contributed by atoms with van der Waals surface area (Å²) in [7, 11) is -2.97. The second kappa shape index (κ2) is 5.39. The summed E-state index contributed by atoms with van der Waals surface area (Å²) in [4.78, 5) is 9.18. The van der Waals surface area contributed by atoms with Gasteiger partial charge in [0.15, 0.2) is 0 Å². The van der Waals surface area contributed by atoms with Gasteiger partial charge in [-0.05, 0) is 24.3 Å². The maximum absolute atomic E-state index is 4.59. The van der Waals surface area contributed by atoms with Crippen molar-refractivity contribution in [2.45, 2.75) is 31.9 Å². The van der Waals surface area contributed by atoms with Gasteiger partial charge in [-0.2, -0.15) is 0 Å². The molecule has 0 N–H and O–H groups in total. The topological polar surface area (TPSA) is 25.8 Å². The van der Waals surface area contributed by atoms with E-state index in [1.807, 2.05) is 24.5 Å². The molecule has 2 nitrogen and oxygen atoms in total. The Hall–Kier alpha value is -1.27. The number of pyridine rings is 2. The Kier molecular flexibility index (Phi) is 4.01. The first-order valence-electron chi connectivity index (χ1n) is 6.75. The van der Waals surface area contributed by atoms with Crippen LogP contribution in [0.2, 0.25) is 31.9 Å². The Morgan fingerprint density at radius 3 is 1.47 bits per heavy atom. The molecule has 0 saturated carbocycles. The molecule has 0 bridgehead atoms. The first-order valence-corrected chi connectivity index (χ1v) is 13.2. The van der Waals surface area contributed by atoms with Crippen LogP contribution in [0.25, 0.3) is 0 Å². The quantitative estimate of drug-likeness (QED) is 0.807. The fourth-order valence-electron chi connectivity index (χ4n) is 2.81. The van der Waals surface area contributed by atoms with Gasteiger partial charge in [-0.15, -0.1) is 0 Å². The highest BCUT2D eigenvalue weighted by molar-refractivity contribution is 7.05. The Labute approximate surface area is 118 Å². The van der Waals surface area contributed by atoms with Gasteiger partial charge in [0, 0.05) is 23.0 Å². The van der Waals surface area contributed by atoms with E-state index in [9.17, 15) is 0 Å². The second-order valence-corrected chi connectivity index (χ2v) is 16.3. The van der Waals surface area contributed by atoms with Crippen molar-refractivity contribution in [3.63, 3.8) is 0 Å². The van der Waals surface area contributed by atoms with Crippen LogP contribution in [0.15, 0.2) is 48.8 Å². The van der Waals surface area contributed by atoms with Crippen LogP contribution in [0, 0.1) is 0 Å². The number of rotatable bonds is 4. The van der Waals surface area contributed by atoms with Gasteiger partial charge < -0.3 is 0 Å². The maximum atomic E-state index is 4.59. The summed E-state index contributed by atoms with van der Waals surface area (Å²) in [6.07, 6.45) is 3.83. The molecule has 0 spiro atoms. The Morgan fingerprint density at radius 2 is 1.16 bits per heavy atom. The molecule has 0 aliphatic carbocycles. The third kappa shape index (κ3) is 3.39. The summed E-state index contributed by atoms with van der Waals surface area (Å²) in [6.45, 7) is 9.69. The lowest BCUT2D eigenvalue weighted by atomic mass is 10.5. The van der Waals surface area contributed by atoms with Gasteiger partial charge in [-0.1, -0.05) is 44.0 Å². The third-order valence-electron chi connectivity index (χ3n) is 3.60. The Balaban J connectivity index is 2.25. The van der Waals surface area contributed by atoms with Crippen molar-refractivity contribution in [2.24, 2.45) is 0 Å². The van der Waals surface area contributed by atoms with Crippen LogP contribution in [0.4, 0.5) is 0 Å². The van der Waals surface area contributed by atoms with Gasteiger partial charge in [-0.3, -0.25) is 9.97 Å². The van der Waals surface area contributed by atoms with Crippen molar-refractivity contribution in [3.05, 3.63) is 48.8 Å². The lowest BCUT2D eigenvalue weighted by molar-refractivity contribution is 1.33. The van der Waals surface area contributed by atoms with Gasteiger partial charge in [0.2, 0.25) is 0 Å². The van der Waals surface area contributed by atoms with Crippen molar-refractivity contribution in [1.82, 2.24) is 9.97 Å². The maximum Gasteiger partial charge on any atom is 0.102 e. The lowest BCUT2D eigenvalue weighted by Crippen LogP contribution is -2.55. The zero-order valence-corrected chi connectivity index (χ0v) is 14.2. The molecule has 2 rings (SSSR count). The van der Waals surface area contributed by atoms with Crippen LogP contribution in [0.5, 0.6) is 0 Å². The summed E-state index contributed by atoms with van der Waals surface area (Å²) >= 11 is 0. The predicted octanol–water partition coefficient (Wildman–Crippen LogP) is 2.55. The molecule has 2 heterocycles. The third-order valence-corrected chi connectivity index (χ3v) is 14.0. The predicted molar refractivity (Wildman–Crippen MR) is 87.5 cm³/mol. The van der Waals surface area contributed by atoms with Gasteiger partial charge in [-0.25, -0.2) is 0 Å². The average molecular weight is 287 g/mol. The summed E-state index contributed by atoms with van der Waals surface area (Å²) < 4.78 is 0. The fourth-order valence-corrected chi connectivity index (χ4v) is 15.0. The summed E-state index contributed by atoms with van der Waals surface area (Å²) in [5.74, 6) is 0. The number of hydrogen-bond donors (Lipinski definition) is 0. The van der Waals surface area contributed by atoms with Crippen molar-refractivity contribution in [3.8, 4) is 0 Å². The first-order chi connectivity index (χ1) is 8.92. The molecule has 0 unspecified atom stereocenters. The van der Waals surface area contributed by atoms with Crippen LogP contribution in [-0.4, -0.2) is 26.1 Å². The van der Waals surface area contributed by atoms with Crippen LogP contribution >= 0.6 is 0 Å². The molecule has 0 aromatic carbocycles. The van der Waals surface area contributed by atoms with E-state index in [-0.39, 0.29) is 0 Å². The van der Waals surface area contributed by atoms with Crippen molar-refractivity contribution < 1.29 is 0 Å². The van der Waals surface area contributed by atoms with Crippen LogP contribution in [0.1, 0.15) is 0 Å². The minimum atomic E-state index is -1.49. The smallest absolute Gasteiger partial charge is 0.102 e. The molecule has 0 saturated heterocycles. The molecule has 0 aliphatic rings.